The van der Waals surface area contributed by atoms with E-state index in [4.69, 9.17) is 14.3 Å². The molecule has 1 atom stereocenters. The van der Waals surface area contributed by atoms with Crippen molar-refractivity contribution in [2.75, 3.05) is 11.4 Å². The third kappa shape index (κ3) is 2.35. The first-order valence-corrected chi connectivity index (χ1v) is 6.43. The number of rotatable bonds is 2. The van der Waals surface area contributed by atoms with Gasteiger partial charge in [-0.25, -0.2) is 4.79 Å². The third-order valence-electron chi connectivity index (χ3n) is 3.25. The monoisotopic (exact) mass is 287 g/mol. The Kier molecular flexibility index (Phi) is 3.13. The number of hydrogen-bond donors (Lipinski definition) is 1. The van der Waals surface area contributed by atoms with Gasteiger partial charge in [-0.1, -0.05) is 12.1 Å². The molecular formula is C15H13NO5. The van der Waals surface area contributed by atoms with Crippen molar-refractivity contribution in [1.29, 1.82) is 0 Å². The number of fused-ring (bicyclic) bond motifs is 1. The van der Waals surface area contributed by atoms with Crippen molar-refractivity contribution in [1.82, 2.24) is 0 Å². The number of carboxylic acids is 1. The van der Waals surface area contributed by atoms with E-state index in [2.05, 4.69) is 0 Å². The molecule has 3 rings (SSSR count). The lowest BCUT2D eigenvalue weighted by atomic mass is 10.1. The number of furan rings is 1. The lowest BCUT2D eigenvalue weighted by Gasteiger charge is -2.32. The van der Waals surface area contributed by atoms with Crippen molar-refractivity contribution in [2.45, 2.75) is 13.0 Å². The van der Waals surface area contributed by atoms with Crippen LogP contribution in [0.2, 0.25) is 0 Å². The fourth-order valence-corrected chi connectivity index (χ4v) is 2.24. The number of benzene rings is 1. The summed E-state index contributed by atoms with van der Waals surface area (Å²) in [5, 5.41) is 9.15. The highest BCUT2D eigenvalue weighted by Gasteiger charge is 2.34. The number of carbonyl (C=O) groups excluding carboxylic acids is 1. The minimum absolute atomic E-state index is 0.0646. The van der Waals surface area contributed by atoms with Gasteiger partial charge in [0.05, 0.1) is 12.2 Å². The largest absolute Gasteiger partial charge is 0.478 e. The number of aliphatic carboxylic acids is 1. The highest BCUT2D eigenvalue weighted by molar-refractivity contribution is 6.06. The number of aryl methyl sites for hydroxylation is 1. The van der Waals surface area contributed by atoms with Crippen LogP contribution in [-0.4, -0.2) is 29.6 Å². The van der Waals surface area contributed by atoms with Crippen LogP contribution >= 0.6 is 0 Å². The van der Waals surface area contributed by atoms with E-state index in [0.29, 0.717) is 17.2 Å². The summed E-state index contributed by atoms with van der Waals surface area (Å²) in [4.78, 5) is 25.1. The van der Waals surface area contributed by atoms with Crippen molar-refractivity contribution in [3.63, 3.8) is 0 Å². The fourth-order valence-electron chi connectivity index (χ4n) is 2.24. The van der Waals surface area contributed by atoms with Crippen molar-refractivity contribution in [2.24, 2.45) is 0 Å². The second kappa shape index (κ2) is 4.97. The average molecular weight is 287 g/mol. The van der Waals surface area contributed by atoms with Crippen LogP contribution in [0.4, 0.5) is 5.69 Å². The Hall–Kier alpha value is -2.76. The Morgan fingerprint density at radius 3 is 2.67 bits per heavy atom. The molecule has 1 aliphatic rings. The highest BCUT2D eigenvalue weighted by atomic mass is 16.5. The van der Waals surface area contributed by atoms with Gasteiger partial charge in [0.1, 0.15) is 11.5 Å². The number of carbonyl (C=O) groups is 2. The SMILES string of the molecule is Cc1ccc(C(=O)N2C[C@H](C(=O)O)Oc3ccccc32)o1. The Morgan fingerprint density at radius 2 is 2.00 bits per heavy atom. The van der Waals surface area contributed by atoms with Crippen molar-refractivity contribution < 1.29 is 23.8 Å². The lowest BCUT2D eigenvalue weighted by molar-refractivity contribution is -0.144. The van der Waals surface area contributed by atoms with Crippen LogP contribution in [0.3, 0.4) is 0 Å². The van der Waals surface area contributed by atoms with Crippen molar-refractivity contribution in [3.8, 4) is 5.75 Å². The van der Waals surface area contributed by atoms with E-state index in [1.165, 1.54) is 4.90 Å². The summed E-state index contributed by atoms with van der Waals surface area (Å²) < 4.78 is 10.7. The zero-order valence-corrected chi connectivity index (χ0v) is 11.3. The number of anilines is 1. The van der Waals surface area contributed by atoms with E-state index in [0.717, 1.165) is 0 Å². The van der Waals surface area contributed by atoms with Gasteiger partial charge in [0.25, 0.3) is 5.91 Å². The molecule has 1 N–H and O–H groups in total. The normalized spacial score (nSPS) is 17.0. The lowest BCUT2D eigenvalue weighted by Crippen LogP contribution is -2.47. The van der Waals surface area contributed by atoms with Gasteiger partial charge in [-0.3, -0.25) is 9.69 Å². The van der Waals surface area contributed by atoms with E-state index in [1.54, 1.807) is 43.3 Å². The molecule has 0 fully saturated rings. The predicted octanol–water partition coefficient (Wildman–Crippen LogP) is 2.08. The van der Waals surface area contributed by atoms with Gasteiger partial charge in [0.2, 0.25) is 6.10 Å². The van der Waals surface area contributed by atoms with Gasteiger partial charge in [-0.2, -0.15) is 0 Å². The molecule has 6 nitrogen and oxygen atoms in total. The molecule has 1 amide bonds. The Balaban J connectivity index is 2.00. The van der Waals surface area contributed by atoms with Crippen LogP contribution < -0.4 is 9.64 Å². The van der Waals surface area contributed by atoms with Crippen LogP contribution in [0.15, 0.2) is 40.8 Å². The quantitative estimate of drug-likeness (QED) is 0.914. The van der Waals surface area contributed by atoms with E-state index >= 15 is 0 Å². The zero-order valence-electron chi connectivity index (χ0n) is 11.3. The van der Waals surface area contributed by atoms with Crippen LogP contribution in [0.25, 0.3) is 0 Å². The molecule has 0 aliphatic carbocycles. The summed E-state index contributed by atoms with van der Waals surface area (Å²) in [6.45, 7) is 1.68. The van der Waals surface area contributed by atoms with Crippen molar-refractivity contribution >= 4 is 17.6 Å². The standard InChI is InChI=1S/C15H13NO5/c1-9-6-7-12(20-9)14(17)16-8-13(15(18)19)21-11-5-3-2-4-10(11)16/h2-7,13H,8H2,1H3,(H,18,19)/t13-/m1/s1. The molecule has 1 aliphatic heterocycles. The van der Waals surface area contributed by atoms with Gasteiger partial charge in [0, 0.05) is 0 Å². The third-order valence-corrected chi connectivity index (χ3v) is 3.25. The van der Waals surface area contributed by atoms with Crippen molar-refractivity contribution in [3.05, 3.63) is 47.9 Å². The summed E-state index contributed by atoms with van der Waals surface area (Å²) in [6.07, 6.45) is -1.10. The first-order valence-electron chi connectivity index (χ1n) is 6.43. The molecule has 6 heteroatoms. The van der Waals surface area contributed by atoms with Gasteiger partial charge >= 0.3 is 5.97 Å². The topological polar surface area (TPSA) is 80.0 Å². The van der Waals surface area contributed by atoms with E-state index in [-0.39, 0.29) is 18.2 Å². The number of amides is 1. The number of carboxylic acid groups (broad SMARTS) is 1. The zero-order chi connectivity index (χ0) is 15.0. The molecule has 0 spiro atoms. The van der Waals surface area contributed by atoms with Gasteiger partial charge < -0.3 is 14.3 Å². The number of nitrogens with zero attached hydrogens (tertiary/aromatic N) is 1. The molecule has 1 aromatic heterocycles. The van der Waals surface area contributed by atoms with E-state index in [1.807, 2.05) is 0 Å². The molecule has 2 heterocycles. The minimum Gasteiger partial charge on any atom is -0.478 e. The highest BCUT2D eigenvalue weighted by Crippen LogP contribution is 2.34. The van der Waals surface area contributed by atoms with Gasteiger partial charge in [0.15, 0.2) is 5.76 Å². The molecule has 0 radical (unpaired) electrons. The summed E-state index contributed by atoms with van der Waals surface area (Å²) in [5.41, 5.74) is 0.536. The summed E-state index contributed by atoms with van der Waals surface area (Å²) >= 11 is 0. The Morgan fingerprint density at radius 1 is 1.24 bits per heavy atom. The molecule has 0 saturated heterocycles. The van der Waals surface area contributed by atoms with Gasteiger partial charge in [-0.05, 0) is 31.2 Å². The Labute approximate surface area is 120 Å². The molecule has 2 aromatic rings. The number of ether oxygens (including phenoxy) is 1. The smallest absolute Gasteiger partial charge is 0.346 e. The fraction of sp³-hybridized carbons (Fsp3) is 0.200. The van der Waals surface area contributed by atoms with Crippen LogP contribution in [0, 0.1) is 6.92 Å². The van der Waals surface area contributed by atoms with Crippen LogP contribution in [0.1, 0.15) is 16.3 Å². The molecule has 0 unspecified atom stereocenters. The number of para-hydroxylation sites is 2. The maximum atomic E-state index is 12.5. The van der Waals surface area contributed by atoms with E-state index in [9.17, 15) is 9.59 Å². The Bertz CT molecular complexity index is 706. The minimum atomic E-state index is -1.11. The molecule has 0 saturated carbocycles. The molecule has 1 aromatic carbocycles. The predicted molar refractivity (Wildman–Crippen MR) is 73.6 cm³/mol. The summed E-state index contributed by atoms with van der Waals surface area (Å²) in [5.74, 6) is -0.334. The first kappa shape index (κ1) is 13.2. The summed E-state index contributed by atoms with van der Waals surface area (Å²) in [6, 6.07) is 10.1. The maximum absolute atomic E-state index is 12.5. The van der Waals surface area contributed by atoms with Crippen LogP contribution in [-0.2, 0) is 4.79 Å². The first-order chi connectivity index (χ1) is 10.1. The van der Waals surface area contributed by atoms with Gasteiger partial charge in [-0.15, -0.1) is 0 Å². The molecule has 0 bridgehead atoms. The number of hydrogen-bond acceptors (Lipinski definition) is 4. The second-order valence-corrected chi connectivity index (χ2v) is 4.74. The molecule has 21 heavy (non-hydrogen) atoms. The molecule has 108 valence electrons. The van der Waals surface area contributed by atoms with Crippen LogP contribution in [0.5, 0.6) is 5.75 Å². The van der Waals surface area contributed by atoms with E-state index < -0.39 is 12.1 Å². The maximum Gasteiger partial charge on any atom is 0.346 e. The molecular weight excluding hydrogens is 274 g/mol. The second-order valence-electron chi connectivity index (χ2n) is 4.74. The average Bonchev–Trinajstić information content (AvgIpc) is 2.92. The summed E-state index contributed by atoms with van der Waals surface area (Å²) in [7, 11) is 0.